The second-order valence-corrected chi connectivity index (χ2v) is 3.67. The number of hydrogen-bond donors (Lipinski definition) is 1. The summed E-state index contributed by atoms with van der Waals surface area (Å²) in [5.41, 5.74) is 0.589. The van der Waals surface area contributed by atoms with Gasteiger partial charge in [0.05, 0.1) is 0 Å². The topological polar surface area (TPSA) is 12.0 Å². The lowest BCUT2D eigenvalue weighted by molar-refractivity contribution is 0.398. The van der Waals surface area contributed by atoms with Crippen molar-refractivity contribution in [3.63, 3.8) is 0 Å². The number of benzene rings is 1. The molecule has 0 spiro atoms. The molecule has 1 atom stereocenters. The van der Waals surface area contributed by atoms with E-state index in [0.29, 0.717) is 5.56 Å². The van der Waals surface area contributed by atoms with Crippen molar-refractivity contribution in [3.8, 4) is 0 Å². The fraction of sp³-hybridized carbons (Fsp3) is 0.455. The number of hydrogen-bond acceptors (Lipinski definition) is 1. The van der Waals surface area contributed by atoms with E-state index in [1.165, 1.54) is 12.1 Å². The number of piperidine rings is 1. The maximum Gasteiger partial charge on any atom is 0.130 e. The van der Waals surface area contributed by atoms with E-state index in [1.54, 1.807) is 0 Å². The van der Waals surface area contributed by atoms with Gasteiger partial charge in [-0.1, -0.05) is 12.5 Å². The van der Waals surface area contributed by atoms with Gasteiger partial charge in [0.1, 0.15) is 11.6 Å². The Labute approximate surface area is 94.3 Å². The van der Waals surface area contributed by atoms with Crippen molar-refractivity contribution in [2.75, 3.05) is 6.54 Å². The quantitative estimate of drug-likeness (QED) is 0.786. The number of rotatable bonds is 1. The molecule has 1 fully saturated rings. The normalized spacial score (nSPS) is 20.8. The molecule has 1 aliphatic heterocycles. The summed E-state index contributed by atoms with van der Waals surface area (Å²) in [5, 5.41) is 3.23. The minimum Gasteiger partial charge on any atom is -0.310 e. The average Bonchev–Trinajstić information content (AvgIpc) is 2.19. The van der Waals surface area contributed by atoms with Crippen molar-refractivity contribution in [2.45, 2.75) is 25.3 Å². The van der Waals surface area contributed by atoms with E-state index >= 15 is 0 Å². The van der Waals surface area contributed by atoms with Crippen molar-refractivity contribution < 1.29 is 8.78 Å². The van der Waals surface area contributed by atoms with Crippen LogP contribution >= 0.6 is 12.4 Å². The lowest BCUT2D eigenvalue weighted by atomic mass is 9.97. The van der Waals surface area contributed by atoms with Crippen molar-refractivity contribution in [1.29, 1.82) is 0 Å². The monoisotopic (exact) mass is 233 g/mol. The molecule has 0 aromatic heterocycles. The van der Waals surface area contributed by atoms with Crippen LogP contribution in [0.2, 0.25) is 0 Å². The highest BCUT2D eigenvalue weighted by atomic mass is 35.5. The van der Waals surface area contributed by atoms with Crippen LogP contribution in [0.4, 0.5) is 8.78 Å². The highest BCUT2D eigenvalue weighted by Crippen LogP contribution is 2.25. The van der Waals surface area contributed by atoms with E-state index < -0.39 is 11.6 Å². The summed E-state index contributed by atoms with van der Waals surface area (Å²) >= 11 is 0. The third kappa shape index (κ3) is 2.89. The minimum atomic E-state index is -0.512. The summed E-state index contributed by atoms with van der Waals surface area (Å²) in [4.78, 5) is 0. The first-order valence-electron chi connectivity index (χ1n) is 4.96. The molecule has 0 amide bonds. The molecule has 1 nitrogen and oxygen atoms in total. The van der Waals surface area contributed by atoms with E-state index in [2.05, 4.69) is 5.32 Å². The first-order valence-corrected chi connectivity index (χ1v) is 4.96. The van der Waals surface area contributed by atoms with Crippen LogP contribution in [-0.2, 0) is 0 Å². The molecular formula is C11H14ClF2N. The summed E-state index contributed by atoms with van der Waals surface area (Å²) in [5.74, 6) is -0.952. The molecule has 4 heteroatoms. The SMILES string of the molecule is Cl.Fc1ccc([C@H]2CCCCN2)c(F)c1. The van der Waals surface area contributed by atoms with Gasteiger partial charge in [0.2, 0.25) is 0 Å². The van der Waals surface area contributed by atoms with E-state index in [0.717, 1.165) is 31.9 Å². The Morgan fingerprint density at radius 2 is 2.00 bits per heavy atom. The van der Waals surface area contributed by atoms with Crippen molar-refractivity contribution >= 4 is 12.4 Å². The Balaban J connectivity index is 0.00000112. The fourth-order valence-electron chi connectivity index (χ4n) is 1.90. The van der Waals surface area contributed by atoms with Crippen LogP contribution in [0.15, 0.2) is 18.2 Å². The molecule has 84 valence electrons. The predicted molar refractivity (Wildman–Crippen MR) is 58.2 cm³/mol. The molecule has 15 heavy (non-hydrogen) atoms. The minimum absolute atomic E-state index is 0. The van der Waals surface area contributed by atoms with Gasteiger partial charge in [-0.15, -0.1) is 12.4 Å². The van der Waals surface area contributed by atoms with Gasteiger partial charge in [0.25, 0.3) is 0 Å². The van der Waals surface area contributed by atoms with Gasteiger partial charge in [0, 0.05) is 17.7 Å². The number of nitrogens with one attached hydrogen (secondary N) is 1. The van der Waals surface area contributed by atoms with E-state index in [9.17, 15) is 8.78 Å². The number of halogens is 3. The van der Waals surface area contributed by atoms with Crippen molar-refractivity contribution in [1.82, 2.24) is 5.32 Å². The van der Waals surface area contributed by atoms with Gasteiger partial charge in [0.15, 0.2) is 0 Å². The summed E-state index contributed by atoms with van der Waals surface area (Å²) in [7, 11) is 0. The zero-order valence-corrected chi connectivity index (χ0v) is 9.12. The zero-order valence-electron chi connectivity index (χ0n) is 8.30. The Kier molecular flexibility index (Phi) is 4.48. The molecular weight excluding hydrogens is 220 g/mol. The summed E-state index contributed by atoms with van der Waals surface area (Å²) in [6.45, 7) is 0.918. The van der Waals surface area contributed by atoms with E-state index in [-0.39, 0.29) is 18.4 Å². The molecule has 1 aliphatic rings. The highest BCUT2D eigenvalue weighted by molar-refractivity contribution is 5.85. The van der Waals surface area contributed by atoms with Crippen molar-refractivity contribution in [2.24, 2.45) is 0 Å². The van der Waals surface area contributed by atoms with E-state index in [4.69, 9.17) is 0 Å². The van der Waals surface area contributed by atoms with Crippen LogP contribution in [0.1, 0.15) is 30.9 Å². The van der Waals surface area contributed by atoms with Gasteiger partial charge in [-0.05, 0) is 25.5 Å². The maximum absolute atomic E-state index is 13.4. The van der Waals surface area contributed by atoms with E-state index in [1.807, 2.05) is 0 Å². The average molecular weight is 234 g/mol. The Morgan fingerprint density at radius 1 is 1.20 bits per heavy atom. The second-order valence-electron chi connectivity index (χ2n) is 3.67. The van der Waals surface area contributed by atoms with Gasteiger partial charge in [-0.3, -0.25) is 0 Å². The predicted octanol–water partition coefficient (Wildman–Crippen LogP) is 3.20. The maximum atomic E-state index is 13.4. The molecule has 1 heterocycles. The molecule has 0 bridgehead atoms. The summed E-state index contributed by atoms with van der Waals surface area (Å²) in [6.07, 6.45) is 3.18. The first kappa shape index (κ1) is 12.4. The molecule has 0 radical (unpaired) electrons. The fourth-order valence-corrected chi connectivity index (χ4v) is 1.90. The van der Waals surface area contributed by atoms with Crippen LogP contribution in [0.25, 0.3) is 0 Å². The molecule has 1 saturated heterocycles. The van der Waals surface area contributed by atoms with Gasteiger partial charge >= 0.3 is 0 Å². The first-order chi connectivity index (χ1) is 6.77. The van der Waals surface area contributed by atoms with Crippen LogP contribution in [0.3, 0.4) is 0 Å². The van der Waals surface area contributed by atoms with Gasteiger partial charge in [-0.25, -0.2) is 8.78 Å². The molecule has 0 unspecified atom stereocenters. The van der Waals surface area contributed by atoms with Gasteiger partial charge in [-0.2, -0.15) is 0 Å². The molecule has 1 aromatic carbocycles. The van der Waals surface area contributed by atoms with Gasteiger partial charge < -0.3 is 5.32 Å². The van der Waals surface area contributed by atoms with Crippen LogP contribution in [0, 0.1) is 11.6 Å². The second kappa shape index (κ2) is 5.42. The largest absolute Gasteiger partial charge is 0.310 e. The summed E-state index contributed by atoms with van der Waals surface area (Å²) in [6, 6.07) is 3.86. The highest BCUT2D eigenvalue weighted by Gasteiger charge is 2.17. The van der Waals surface area contributed by atoms with Crippen LogP contribution < -0.4 is 5.32 Å². The lowest BCUT2D eigenvalue weighted by Crippen LogP contribution is -2.27. The lowest BCUT2D eigenvalue weighted by Gasteiger charge is -2.24. The Bertz CT molecular complexity index is 324. The molecule has 1 N–H and O–H groups in total. The summed E-state index contributed by atoms with van der Waals surface area (Å²) < 4.78 is 26.0. The zero-order chi connectivity index (χ0) is 9.97. The van der Waals surface area contributed by atoms with Crippen LogP contribution in [-0.4, -0.2) is 6.54 Å². The molecule has 0 aliphatic carbocycles. The Hall–Kier alpha value is -0.670. The van der Waals surface area contributed by atoms with Crippen LogP contribution in [0.5, 0.6) is 0 Å². The standard InChI is InChI=1S/C11H13F2N.ClH/c12-8-4-5-9(10(13)7-8)11-3-1-2-6-14-11;/h4-5,7,11,14H,1-3,6H2;1H/t11-;/m1./s1. The molecule has 0 saturated carbocycles. The smallest absolute Gasteiger partial charge is 0.130 e. The van der Waals surface area contributed by atoms with Crippen molar-refractivity contribution in [3.05, 3.63) is 35.4 Å². The molecule has 1 aromatic rings. The Morgan fingerprint density at radius 3 is 2.60 bits per heavy atom. The third-order valence-corrected chi connectivity index (χ3v) is 2.65. The molecule has 2 rings (SSSR count). The third-order valence-electron chi connectivity index (χ3n) is 2.65.